The van der Waals surface area contributed by atoms with Gasteiger partial charge in [-0.25, -0.2) is 4.79 Å². The average molecular weight is 261 g/mol. The molecule has 0 atom stereocenters. The molecule has 1 aromatic heterocycles. The van der Waals surface area contributed by atoms with E-state index in [2.05, 4.69) is 4.74 Å². The topological polar surface area (TPSA) is 68.5 Å². The Kier molecular flexibility index (Phi) is 3.66. The van der Waals surface area contributed by atoms with Crippen LogP contribution in [0.25, 0.3) is 10.9 Å². The first-order valence-electron chi connectivity index (χ1n) is 5.91. The Labute approximate surface area is 110 Å². The molecule has 100 valence electrons. The fraction of sp³-hybridized carbons (Fsp3) is 0.286. The first kappa shape index (κ1) is 13.3. The van der Waals surface area contributed by atoms with Crippen LogP contribution < -0.4 is 0 Å². The van der Waals surface area contributed by atoms with Crippen molar-refractivity contribution in [3.63, 3.8) is 0 Å². The maximum Gasteiger partial charge on any atom is 0.337 e. The second-order valence-electron chi connectivity index (χ2n) is 4.24. The summed E-state index contributed by atoms with van der Waals surface area (Å²) in [5.41, 5.74) is 1.74. The van der Waals surface area contributed by atoms with Crippen molar-refractivity contribution in [2.75, 3.05) is 13.7 Å². The van der Waals surface area contributed by atoms with E-state index in [4.69, 9.17) is 5.11 Å². The largest absolute Gasteiger partial charge is 0.465 e. The van der Waals surface area contributed by atoms with E-state index < -0.39 is 5.97 Å². The van der Waals surface area contributed by atoms with Gasteiger partial charge in [0, 0.05) is 29.2 Å². The Balaban J connectivity index is 2.65. The van der Waals surface area contributed by atoms with Crippen LogP contribution in [0.4, 0.5) is 0 Å². The monoisotopic (exact) mass is 261 g/mol. The predicted molar refractivity (Wildman–Crippen MR) is 70.4 cm³/mol. The molecule has 5 nitrogen and oxygen atoms in total. The molecule has 0 unspecified atom stereocenters. The third-order valence-electron chi connectivity index (χ3n) is 3.02. The van der Waals surface area contributed by atoms with Crippen molar-refractivity contribution in [1.82, 2.24) is 4.57 Å². The lowest BCUT2D eigenvalue weighted by atomic mass is 10.1. The van der Waals surface area contributed by atoms with E-state index in [-0.39, 0.29) is 12.4 Å². The molecule has 1 N–H and O–H groups in total. The van der Waals surface area contributed by atoms with E-state index in [0.29, 0.717) is 17.7 Å². The standard InChI is InChI=1S/C14H15NO4/c1-9(17)12-8-15(5-6-16)13-7-10(14(18)19-2)3-4-11(12)13/h3-4,7-8,16H,5-6H2,1-2H3. The quantitative estimate of drug-likeness (QED) is 0.670. The van der Waals surface area contributed by atoms with E-state index in [1.54, 1.807) is 29.0 Å². The molecule has 0 saturated heterocycles. The number of aliphatic hydroxyl groups excluding tert-OH is 1. The van der Waals surface area contributed by atoms with Gasteiger partial charge in [-0.2, -0.15) is 0 Å². The number of Topliss-reactive ketones (excluding diaryl/α,β-unsaturated/α-hetero) is 1. The van der Waals surface area contributed by atoms with Crippen LogP contribution in [-0.4, -0.2) is 35.1 Å². The number of benzene rings is 1. The predicted octanol–water partition coefficient (Wildman–Crippen LogP) is 1.62. The van der Waals surface area contributed by atoms with E-state index in [1.807, 2.05) is 0 Å². The third kappa shape index (κ3) is 2.37. The van der Waals surface area contributed by atoms with Gasteiger partial charge in [0.15, 0.2) is 5.78 Å². The number of esters is 1. The first-order valence-corrected chi connectivity index (χ1v) is 5.91. The van der Waals surface area contributed by atoms with Crippen LogP contribution in [0.3, 0.4) is 0 Å². The highest BCUT2D eigenvalue weighted by atomic mass is 16.5. The molecular formula is C14H15NO4. The van der Waals surface area contributed by atoms with Crippen molar-refractivity contribution in [1.29, 1.82) is 0 Å². The Morgan fingerprint density at radius 2 is 2.11 bits per heavy atom. The highest BCUT2D eigenvalue weighted by molar-refractivity contribution is 6.08. The molecule has 5 heteroatoms. The number of carbonyl (C=O) groups is 2. The van der Waals surface area contributed by atoms with Gasteiger partial charge < -0.3 is 14.4 Å². The Morgan fingerprint density at radius 3 is 2.68 bits per heavy atom. The van der Waals surface area contributed by atoms with Crippen molar-refractivity contribution in [2.24, 2.45) is 0 Å². The normalized spacial score (nSPS) is 10.7. The molecule has 0 radical (unpaired) electrons. The smallest absolute Gasteiger partial charge is 0.337 e. The van der Waals surface area contributed by atoms with Crippen LogP contribution >= 0.6 is 0 Å². The summed E-state index contributed by atoms with van der Waals surface area (Å²) >= 11 is 0. The lowest BCUT2D eigenvalue weighted by molar-refractivity contribution is 0.0600. The summed E-state index contributed by atoms with van der Waals surface area (Å²) in [7, 11) is 1.32. The fourth-order valence-corrected chi connectivity index (χ4v) is 2.11. The molecule has 1 aromatic carbocycles. The van der Waals surface area contributed by atoms with Crippen molar-refractivity contribution >= 4 is 22.7 Å². The summed E-state index contributed by atoms with van der Waals surface area (Å²) in [6.07, 6.45) is 1.70. The van der Waals surface area contributed by atoms with E-state index in [9.17, 15) is 9.59 Å². The number of methoxy groups -OCH3 is 1. The van der Waals surface area contributed by atoms with Gasteiger partial charge in [-0.1, -0.05) is 6.07 Å². The zero-order chi connectivity index (χ0) is 14.0. The number of ether oxygens (including phenoxy) is 1. The Morgan fingerprint density at radius 1 is 1.37 bits per heavy atom. The molecule has 2 aromatic rings. The maximum absolute atomic E-state index is 11.6. The minimum absolute atomic E-state index is 0.0381. The number of aliphatic hydroxyl groups is 1. The molecule has 0 spiro atoms. The second kappa shape index (κ2) is 5.24. The summed E-state index contributed by atoms with van der Waals surface area (Å²) in [6.45, 7) is 1.82. The number of nitrogens with zero attached hydrogens (tertiary/aromatic N) is 1. The molecule has 0 saturated carbocycles. The molecule has 0 aliphatic carbocycles. The molecular weight excluding hydrogens is 246 g/mol. The Hall–Kier alpha value is -2.14. The van der Waals surface area contributed by atoms with Gasteiger partial charge in [0.05, 0.1) is 19.3 Å². The van der Waals surface area contributed by atoms with Crippen LogP contribution in [0.2, 0.25) is 0 Å². The summed E-state index contributed by atoms with van der Waals surface area (Å²) in [4.78, 5) is 23.1. The number of hydrogen-bond donors (Lipinski definition) is 1. The lowest BCUT2D eigenvalue weighted by Gasteiger charge is -2.04. The second-order valence-corrected chi connectivity index (χ2v) is 4.24. The van der Waals surface area contributed by atoms with Gasteiger partial charge in [0.1, 0.15) is 0 Å². The minimum atomic E-state index is -0.428. The fourth-order valence-electron chi connectivity index (χ4n) is 2.11. The molecule has 19 heavy (non-hydrogen) atoms. The minimum Gasteiger partial charge on any atom is -0.465 e. The van der Waals surface area contributed by atoms with Gasteiger partial charge in [0.2, 0.25) is 0 Å². The molecule has 0 amide bonds. The summed E-state index contributed by atoms with van der Waals surface area (Å²) in [6, 6.07) is 5.03. The molecule has 2 rings (SSSR count). The molecule has 0 fully saturated rings. The van der Waals surface area contributed by atoms with Crippen molar-refractivity contribution < 1.29 is 19.4 Å². The summed E-state index contributed by atoms with van der Waals surface area (Å²) < 4.78 is 6.44. The van der Waals surface area contributed by atoms with Crippen molar-refractivity contribution in [3.05, 3.63) is 35.5 Å². The average Bonchev–Trinajstić information content (AvgIpc) is 2.77. The van der Waals surface area contributed by atoms with Gasteiger partial charge in [0.25, 0.3) is 0 Å². The van der Waals surface area contributed by atoms with Gasteiger partial charge >= 0.3 is 5.97 Å². The van der Waals surface area contributed by atoms with Crippen molar-refractivity contribution in [2.45, 2.75) is 13.5 Å². The van der Waals surface area contributed by atoms with Crippen LogP contribution in [0.5, 0.6) is 0 Å². The zero-order valence-electron chi connectivity index (χ0n) is 10.8. The third-order valence-corrected chi connectivity index (χ3v) is 3.02. The number of hydrogen-bond acceptors (Lipinski definition) is 4. The maximum atomic E-state index is 11.6. The van der Waals surface area contributed by atoms with E-state index >= 15 is 0 Å². The highest BCUT2D eigenvalue weighted by Crippen LogP contribution is 2.23. The summed E-state index contributed by atoms with van der Waals surface area (Å²) in [5, 5.41) is 9.83. The van der Waals surface area contributed by atoms with Crippen LogP contribution in [0.15, 0.2) is 24.4 Å². The van der Waals surface area contributed by atoms with Gasteiger partial charge in [-0.3, -0.25) is 4.79 Å². The number of ketones is 1. The highest BCUT2D eigenvalue weighted by Gasteiger charge is 2.14. The first-order chi connectivity index (χ1) is 9.08. The lowest BCUT2D eigenvalue weighted by Crippen LogP contribution is -2.03. The molecule has 0 bridgehead atoms. The van der Waals surface area contributed by atoms with Crippen LogP contribution in [0.1, 0.15) is 27.6 Å². The SMILES string of the molecule is COC(=O)c1ccc2c(C(C)=O)cn(CCO)c2c1. The summed E-state index contributed by atoms with van der Waals surface area (Å²) in [5.74, 6) is -0.476. The van der Waals surface area contributed by atoms with Gasteiger partial charge in [-0.15, -0.1) is 0 Å². The number of carbonyl (C=O) groups excluding carboxylic acids is 2. The van der Waals surface area contributed by atoms with Crippen LogP contribution in [0, 0.1) is 0 Å². The van der Waals surface area contributed by atoms with E-state index in [0.717, 1.165) is 10.9 Å². The molecule has 1 heterocycles. The number of aromatic nitrogens is 1. The van der Waals surface area contributed by atoms with Crippen LogP contribution in [-0.2, 0) is 11.3 Å². The van der Waals surface area contributed by atoms with Gasteiger partial charge in [-0.05, 0) is 19.1 Å². The Bertz CT molecular complexity index is 642. The zero-order valence-corrected chi connectivity index (χ0v) is 10.8. The number of rotatable bonds is 4. The molecule has 0 aliphatic heterocycles. The molecule has 0 aliphatic rings. The van der Waals surface area contributed by atoms with E-state index in [1.165, 1.54) is 14.0 Å². The van der Waals surface area contributed by atoms with Crippen molar-refractivity contribution in [3.8, 4) is 0 Å². The number of fused-ring (bicyclic) bond motifs is 1.